The summed E-state index contributed by atoms with van der Waals surface area (Å²) in [5, 5.41) is 14.7. The number of aryl methyl sites for hydroxylation is 3. The lowest BCUT2D eigenvalue weighted by Crippen LogP contribution is -2.06. The summed E-state index contributed by atoms with van der Waals surface area (Å²) in [6.45, 7) is 2.79. The van der Waals surface area contributed by atoms with Crippen LogP contribution in [0, 0.1) is 6.92 Å². The fraction of sp³-hybridized carbons (Fsp3) is 0.308. The lowest BCUT2D eigenvalue weighted by molar-refractivity contribution is 0.684. The van der Waals surface area contributed by atoms with Crippen molar-refractivity contribution in [2.45, 2.75) is 19.9 Å². The molecule has 3 rings (SSSR count). The van der Waals surface area contributed by atoms with E-state index in [4.69, 9.17) is 5.73 Å². The first kappa shape index (κ1) is 12.9. The van der Waals surface area contributed by atoms with Gasteiger partial charge in [0.2, 0.25) is 0 Å². The van der Waals surface area contributed by atoms with Crippen molar-refractivity contribution in [2.75, 3.05) is 5.73 Å². The van der Waals surface area contributed by atoms with Crippen molar-refractivity contribution in [3.8, 4) is 11.4 Å². The summed E-state index contributed by atoms with van der Waals surface area (Å²) in [7, 11) is 1.82. The minimum absolute atomic E-state index is 0.606. The third-order valence-corrected chi connectivity index (χ3v) is 4.26. The Balaban J connectivity index is 1.91. The molecule has 3 aromatic heterocycles. The highest BCUT2D eigenvalue weighted by atomic mass is 32.1. The zero-order valence-electron chi connectivity index (χ0n) is 11.4. The van der Waals surface area contributed by atoms with E-state index in [0.29, 0.717) is 5.82 Å². The molecule has 0 radical (unpaired) electrons. The molecule has 20 heavy (non-hydrogen) atoms. The number of rotatable bonds is 4. The third kappa shape index (κ3) is 2.20. The topological polar surface area (TPSA) is 74.6 Å². The molecule has 7 heteroatoms. The number of nitrogens with two attached hydrogens (primary N) is 1. The second kappa shape index (κ2) is 5.09. The molecule has 0 fully saturated rings. The van der Waals surface area contributed by atoms with Crippen molar-refractivity contribution in [1.82, 2.24) is 24.5 Å². The Morgan fingerprint density at radius 2 is 2.20 bits per heavy atom. The van der Waals surface area contributed by atoms with Gasteiger partial charge in [0.1, 0.15) is 11.6 Å². The second-order valence-electron chi connectivity index (χ2n) is 4.62. The summed E-state index contributed by atoms with van der Waals surface area (Å²) in [6, 6.07) is 4.21. The number of thiophene rings is 1. The minimum Gasteiger partial charge on any atom is -0.383 e. The summed E-state index contributed by atoms with van der Waals surface area (Å²) in [6.07, 6.45) is 2.70. The Hall–Kier alpha value is -2.15. The van der Waals surface area contributed by atoms with E-state index in [1.165, 1.54) is 4.88 Å². The largest absolute Gasteiger partial charge is 0.383 e. The molecule has 0 aromatic carbocycles. The van der Waals surface area contributed by atoms with Crippen LogP contribution in [0.1, 0.15) is 10.7 Å². The maximum atomic E-state index is 6.02. The number of aromatic nitrogens is 5. The molecule has 0 spiro atoms. The van der Waals surface area contributed by atoms with Crippen LogP contribution in [0.4, 0.5) is 5.82 Å². The maximum Gasteiger partial charge on any atom is 0.169 e. The molecule has 3 aromatic rings. The number of anilines is 1. The molecular formula is C13H16N6S. The highest BCUT2D eigenvalue weighted by Crippen LogP contribution is 2.24. The molecule has 6 nitrogen and oxygen atoms in total. The van der Waals surface area contributed by atoms with Crippen molar-refractivity contribution < 1.29 is 0 Å². The average Bonchev–Trinajstić information content (AvgIpc) is 3.12. The predicted octanol–water partition coefficient (Wildman–Crippen LogP) is 1.87. The monoisotopic (exact) mass is 288 g/mol. The third-order valence-electron chi connectivity index (χ3n) is 3.32. The number of hydrogen-bond acceptors (Lipinski definition) is 5. The van der Waals surface area contributed by atoms with E-state index < -0.39 is 0 Å². The fourth-order valence-corrected chi connectivity index (χ4v) is 2.84. The van der Waals surface area contributed by atoms with Gasteiger partial charge >= 0.3 is 0 Å². The molecule has 0 amide bonds. The van der Waals surface area contributed by atoms with Gasteiger partial charge in [-0.05, 0) is 24.8 Å². The lowest BCUT2D eigenvalue weighted by Gasteiger charge is -2.07. The van der Waals surface area contributed by atoms with Crippen LogP contribution in [0.2, 0.25) is 0 Å². The van der Waals surface area contributed by atoms with E-state index in [0.717, 1.165) is 30.2 Å². The van der Waals surface area contributed by atoms with Crippen molar-refractivity contribution >= 4 is 17.2 Å². The first-order chi connectivity index (χ1) is 9.66. The summed E-state index contributed by atoms with van der Waals surface area (Å²) in [4.78, 5) is 1.35. The van der Waals surface area contributed by atoms with Crippen LogP contribution in [0.25, 0.3) is 11.4 Å². The van der Waals surface area contributed by atoms with Gasteiger partial charge in [-0.15, -0.1) is 21.5 Å². The van der Waals surface area contributed by atoms with Gasteiger partial charge in [-0.1, -0.05) is 6.07 Å². The zero-order valence-corrected chi connectivity index (χ0v) is 12.3. The van der Waals surface area contributed by atoms with E-state index in [9.17, 15) is 0 Å². The van der Waals surface area contributed by atoms with Crippen LogP contribution in [0.5, 0.6) is 0 Å². The molecule has 0 aliphatic carbocycles. The van der Waals surface area contributed by atoms with Gasteiger partial charge in [-0.2, -0.15) is 5.10 Å². The van der Waals surface area contributed by atoms with Gasteiger partial charge in [-0.25, -0.2) is 0 Å². The Morgan fingerprint density at radius 3 is 2.85 bits per heavy atom. The molecule has 0 aliphatic rings. The van der Waals surface area contributed by atoms with Crippen molar-refractivity contribution in [3.63, 3.8) is 0 Å². The number of nitrogens with zero attached hydrogens (tertiary/aromatic N) is 5. The first-order valence-electron chi connectivity index (χ1n) is 6.37. The molecule has 0 saturated carbocycles. The van der Waals surface area contributed by atoms with Crippen LogP contribution in [0.3, 0.4) is 0 Å². The van der Waals surface area contributed by atoms with Crippen LogP contribution in [0.15, 0.2) is 23.7 Å². The Bertz CT molecular complexity index is 709. The van der Waals surface area contributed by atoms with Crippen LogP contribution in [-0.4, -0.2) is 24.5 Å². The van der Waals surface area contributed by atoms with Crippen LogP contribution < -0.4 is 5.73 Å². The number of nitrogen functional groups attached to an aromatic ring is 1. The molecule has 0 saturated heterocycles. The summed E-state index contributed by atoms with van der Waals surface area (Å²) >= 11 is 1.76. The first-order valence-corrected chi connectivity index (χ1v) is 7.25. The van der Waals surface area contributed by atoms with Gasteiger partial charge in [0.05, 0.1) is 11.8 Å². The Labute approximate surface area is 120 Å². The standard InChI is InChI=1S/C13H16N6S/c1-9-16-17-13(11-8-15-18(2)12(11)14)19(9)6-5-10-4-3-7-20-10/h3-4,7-8H,5-6,14H2,1-2H3. The van der Waals surface area contributed by atoms with E-state index in [-0.39, 0.29) is 0 Å². The van der Waals surface area contributed by atoms with Crippen LogP contribution in [-0.2, 0) is 20.0 Å². The lowest BCUT2D eigenvalue weighted by atomic mass is 10.3. The SMILES string of the molecule is Cc1nnc(-c2cnn(C)c2N)n1CCc1cccs1. The van der Waals surface area contributed by atoms with E-state index in [1.54, 1.807) is 22.2 Å². The Morgan fingerprint density at radius 1 is 1.35 bits per heavy atom. The fourth-order valence-electron chi connectivity index (χ4n) is 2.14. The normalized spacial score (nSPS) is 11.1. The maximum absolute atomic E-state index is 6.02. The van der Waals surface area contributed by atoms with Crippen LogP contribution >= 0.6 is 11.3 Å². The molecular weight excluding hydrogens is 272 g/mol. The smallest absolute Gasteiger partial charge is 0.169 e. The van der Waals surface area contributed by atoms with Gasteiger partial charge in [0.25, 0.3) is 0 Å². The molecule has 0 unspecified atom stereocenters. The molecule has 0 bridgehead atoms. The average molecular weight is 288 g/mol. The molecule has 0 aliphatic heterocycles. The highest BCUT2D eigenvalue weighted by Gasteiger charge is 2.16. The van der Waals surface area contributed by atoms with E-state index in [2.05, 4.69) is 37.4 Å². The Kier molecular flexibility index (Phi) is 3.27. The highest BCUT2D eigenvalue weighted by molar-refractivity contribution is 7.09. The molecule has 104 valence electrons. The molecule has 3 heterocycles. The summed E-state index contributed by atoms with van der Waals surface area (Å²) in [5.41, 5.74) is 6.86. The summed E-state index contributed by atoms with van der Waals surface area (Å²) < 4.78 is 3.73. The van der Waals surface area contributed by atoms with Crippen molar-refractivity contribution in [2.24, 2.45) is 7.05 Å². The van der Waals surface area contributed by atoms with Gasteiger partial charge in [0, 0.05) is 18.5 Å². The quantitative estimate of drug-likeness (QED) is 0.795. The van der Waals surface area contributed by atoms with Gasteiger partial charge < -0.3 is 10.3 Å². The summed E-state index contributed by atoms with van der Waals surface area (Å²) in [5.74, 6) is 2.28. The van der Waals surface area contributed by atoms with E-state index in [1.807, 2.05) is 14.0 Å². The van der Waals surface area contributed by atoms with Crippen molar-refractivity contribution in [1.29, 1.82) is 0 Å². The zero-order chi connectivity index (χ0) is 14.1. The van der Waals surface area contributed by atoms with E-state index >= 15 is 0 Å². The molecule has 0 atom stereocenters. The van der Waals surface area contributed by atoms with Crippen molar-refractivity contribution in [3.05, 3.63) is 34.4 Å². The number of hydrogen-bond donors (Lipinski definition) is 1. The molecule has 2 N–H and O–H groups in total. The second-order valence-corrected chi connectivity index (χ2v) is 5.65. The minimum atomic E-state index is 0.606. The van der Waals surface area contributed by atoms with Gasteiger partial charge in [0.15, 0.2) is 5.82 Å². The predicted molar refractivity (Wildman–Crippen MR) is 79.4 cm³/mol. The van der Waals surface area contributed by atoms with Gasteiger partial charge in [-0.3, -0.25) is 4.68 Å².